The Morgan fingerprint density at radius 3 is 2.04 bits per heavy atom. The largest absolute Gasteiger partial charge is 0.417 e. The van der Waals surface area contributed by atoms with Crippen molar-refractivity contribution in [2.24, 2.45) is 0 Å². The van der Waals surface area contributed by atoms with Crippen molar-refractivity contribution in [2.45, 2.75) is 24.5 Å². The van der Waals surface area contributed by atoms with E-state index in [0.717, 1.165) is 22.1 Å². The summed E-state index contributed by atoms with van der Waals surface area (Å²) in [7, 11) is -0.525. The van der Waals surface area contributed by atoms with E-state index in [-0.39, 0.29) is 13.1 Å². The molecule has 142 valence electrons. The van der Waals surface area contributed by atoms with Crippen molar-refractivity contribution in [3.8, 4) is 0 Å². The SMILES string of the molecule is CCN(Cc1ccc(N(C)C)cc1)S(=O)(=O)c1ccccc1C(F)(F)F. The second-order valence-corrected chi connectivity index (χ2v) is 7.89. The van der Waals surface area contributed by atoms with Gasteiger partial charge in [-0.1, -0.05) is 31.2 Å². The molecule has 0 saturated carbocycles. The molecule has 0 saturated heterocycles. The van der Waals surface area contributed by atoms with E-state index in [1.807, 2.05) is 31.1 Å². The lowest BCUT2D eigenvalue weighted by molar-refractivity contribution is -0.139. The Hall–Kier alpha value is -2.06. The van der Waals surface area contributed by atoms with Crippen LogP contribution in [-0.4, -0.2) is 33.4 Å². The molecule has 2 aromatic rings. The Labute approximate surface area is 151 Å². The molecule has 0 bridgehead atoms. The van der Waals surface area contributed by atoms with E-state index >= 15 is 0 Å². The number of halogens is 3. The Bertz CT molecular complexity index is 847. The summed E-state index contributed by atoms with van der Waals surface area (Å²) in [5, 5.41) is 0. The third-order valence-corrected chi connectivity index (χ3v) is 5.95. The van der Waals surface area contributed by atoms with Crippen molar-refractivity contribution < 1.29 is 21.6 Å². The van der Waals surface area contributed by atoms with Crippen LogP contribution in [0.2, 0.25) is 0 Å². The van der Waals surface area contributed by atoms with Crippen LogP contribution in [0.3, 0.4) is 0 Å². The lowest BCUT2D eigenvalue weighted by Gasteiger charge is -2.23. The highest BCUT2D eigenvalue weighted by molar-refractivity contribution is 7.89. The summed E-state index contributed by atoms with van der Waals surface area (Å²) in [5.74, 6) is 0. The van der Waals surface area contributed by atoms with Crippen LogP contribution in [0.25, 0.3) is 0 Å². The summed E-state index contributed by atoms with van der Waals surface area (Å²) in [4.78, 5) is 1.18. The van der Waals surface area contributed by atoms with Crippen molar-refractivity contribution >= 4 is 15.7 Å². The van der Waals surface area contributed by atoms with Gasteiger partial charge in [-0.25, -0.2) is 8.42 Å². The molecule has 2 aromatic carbocycles. The Kier molecular flexibility index (Phi) is 5.98. The van der Waals surface area contributed by atoms with Gasteiger partial charge in [0.2, 0.25) is 10.0 Å². The van der Waals surface area contributed by atoms with E-state index in [9.17, 15) is 21.6 Å². The molecule has 4 nitrogen and oxygen atoms in total. The fraction of sp³-hybridized carbons (Fsp3) is 0.333. The van der Waals surface area contributed by atoms with Crippen LogP contribution in [0.5, 0.6) is 0 Å². The molecule has 26 heavy (non-hydrogen) atoms. The maximum atomic E-state index is 13.2. The monoisotopic (exact) mass is 386 g/mol. The molecule has 0 heterocycles. The summed E-state index contributed by atoms with van der Waals surface area (Å²) < 4.78 is 66.3. The van der Waals surface area contributed by atoms with Crippen LogP contribution in [0.4, 0.5) is 18.9 Å². The standard InChI is InChI=1S/C18H21F3N2O2S/c1-4-23(13-14-9-11-15(12-10-14)22(2)3)26(24,25)17-8-6-5-7-16(17)18(19,20)21/h5-12H,4,13H2,1-3H3. The van der Waals surface area contributed by atoms with Gasteiger partial charge in [-0.2, -0.15) is 17.5 Å². The van der Waals surface area contributed by atoms with Crippen molar-refractivity contribution in [1.82, 2.24) is 4.31 Å². The first kappa shape index (κ1) is 20.3. The summed E-state index contributed by atoms with van der Waals surface area (Å²) in [5.41, 5.74) is 0.494. The molecular formula is C18H21F3N2O2S. The van der Waals surface area contributed by atoms with E-state index < -0.39 is 26.7 Å². The number of hydrogen-bond acceptors (Lipinski definition) is 3. The number of benzene rings is 2. The highest BCUT2D eigenvalue weighted by Gasteiger charge is 2.38. The molecule has 0 spiro atoms. The van der Waals surface area contributed by atoms with E-state index in [1.165, 1.54) is 12.1 Å². The molecule has 0 atom stereocenters. The average Bonchev–Trinajstić information content (AvgIpc) is 2.59. The Morgan fingerprint density at radius 2 is 1.54 bits per heavy atom. The van der Waals surface area contributed by atoms with Gasteiger partial charge in [-0.15, -0.1) is 0 Å². The molecule has 0 fully saturated rings. The van der Waals surface area contributed by atoms with Crippen LogP contribution in [0.1, 0.15) is 18.1 Å². The first-order valence-corrected chi connectivity index (χ1v) is 9.44. The second-order valence-electron chi connectivity index (χ2n) is 5.99. The first-order valence-electron chi connectivity index (χ1n) is 8.00. The molecule has 0 aromatic heterocycles. The van der Waals surface area contributed by atoms with E-state index in [0.29, 0.717) is 5.56 Å². The number of alkyl halides is 3. The second kappa shape index (κ2) is 7.67. The highest BCUT2D eigenvalue weighted by atomic mass is 32.2. The number of anilines is 1. The van der Waals surface area contributed by atoms with Gasteiger partial charge in [0.05, 0.1) is 10.5 Å². The summed E-state index contributed by atoms with van der Waals surface area (Å²) in [6.07, 6.45) is -4.74. The van der Waals surface area contributed by atoms with Crippen LogP contribution >= 0.6 is 0 Å². The van der Waals surface area contributed by atoms with Crippen LogP contribution < -0.4 is 4.90 Å². The smallest absolute Gasteiger partial charge is 0.378 e. The quantitative estimate of drug-likeness (QED) is 0.754. The average molecular weight is 386 g/mol. The molecule has 0 amide bonds. The molecule has 0 unspecified atom stereocenters. The molecule has 0 aliphatic heterocycles. The molecular weight excluding hydrogens is 365 g/mol. The normalized spacial score (nSPS) is 12.4. The highest BCUT2D eigenvalue weighted by Crippen LogP contribution is 2.35. The topological polar surface area (TPSA) is 40.6 Å². The first-order chi connectivity index (χ1) is 12.1. The van der Waals surface area contributed by atoms with E-state index in [1.54, 1.807) is 19.1 Å². The van der Waals surface area contributed by atoms with E-state index in [2.05, 4.69) is 0 Å². The minimum atomic E-state index is -4.74. The van der Waals surface area contributed by atoms with Gasteiger partial charge in [0.25, 0.3) is 0 Å². The summed E-state index contributed by atoms with van der Waals surface area (Å²) in [6.45, 7) is 1.66. The van der Waals surface area contributed by atoms with Crippen molar-refractivity contribution in [3.05, 3.63) is 59.7 Å². The minimum Gasteiger partial charge on any atom is -0.378 e. The van der Waals surface area contributed by atoms with Gasteiger partial charge in [0, 0.05) is 32.9 Å². The number of rotatable bonds is 6. The van der Waals surface area contributed by atoms with Gasteiger partial charge in [0.15, 0.2) is 0 Å². The molecule has 8 heteroatoms. The Balaban J connectivity index is 2.37. The van der Waals surface area contributed by atoms with E-state index in [4.69, 9.17) is 0 Å². The number of hydrogen-bond donors (Lipinski definition) is 0. The molecule has 0 aliphatic rings. The summed E-state index contributed by atoms with van der Waals surface area (Å²) in [6, 6.07) is 11.5. The van der Waals surface area contributed by atoms with Crippen LogP contribution in [-0.2, 0) is 22.7 Å². The molecule has 2 rings (SSSR count). The number of sulfonamides is 1. The zero-order valence-corrected chi connectivity index (χ0v) is 15.6. The predicted molar refractivity (Wildman–Crippen MR) is 95.5 cm³/mol. The third-order valence-electron chi connectivity index (χ3n) is 3.97. The van der Waals surface area contributed by atoms with Crippen LogP contribution in [0, 0.1) is 0 Å². The zero-order chi connectivity index (χ0) is 19.5. The van der Waals surface area contributed by atoms with Gasteiger partial charge in [-0.05, 0) is 29.8 Å². The van der Waals surface area contributed by atoms with Crippen molar-refractivity contribution in [1.29, 1.82) is 0 Å². The Morgan fingerprint density at radius 1 is 0.962 bits per heavy atom. The van der Waals surface area contributed by atoms with Gasteiger partial charge >= 0.3 is 6.18 Å². The molecule has 0 aliphatic carbocycles. The zero-order valence-electron chi connectivity index (χ0n) is 14.8. The van der Waals surface area contributed by atoms with Gasteiger partial charge < -0.3 is 4.90 Å². The van der Waals surface area contributed by atoms with Crippen LogP contribution in [0.15, 0.2) is 53.4 Å². The lowest BCUT2D eigenvalue weighted by atomic mass is 10.2. The predicted octanol–water partition coefficient (Wildman–Crippen LogP) is 3.98. The molecule has 0 N–H and O–H groups in total. The maximum absolute atomic E-state index is 13.2. The third kappa shape index (κ3) is 4.37. The maximum Gasteiger partial charge on any atom is 0.417 e. The minimum absolute atomic E-state index is 0.00126. The fourth-order valence-electron chi connectivity index (χ4n) is 2.53. The van der Waals surface area contributed by atoms with Crippen molar-refractivity contribution in [3.63, 3.8) is 0 Å². The van der Waals surface area contributed by atoms with Crippen molar-refractivity contribution in [2.75, 3.05) is 25.5 Å². The number of nitrogens with zero attached hydrogens (tertiary/aromatic N) is 2. The van der Waals surface area contributed by atoms with Gasteiger partial charge in [0.1, 0.15) is 0 Å². The van der Waals surface area contributed by atoms with Gasteiger partial charge in [-0.3, -0.25) is 0 Å². The fourth-order valence-corrected chi connectivity index (χ4v) is 4.18. The molecule has 0 radical (unpaired) electrons. The summed E-state index contributed by atoms with van der Waals surface area (Å²) >= 11 is 0. The lowest BCUT2D eigenvalue weighted by Crippen LogP contribution is -2.32.